The smallest absolute Gasteiger partial charge is 0.213 e. The quantitative estimate of drug-likeness (QED) is 0.269. The van der Waals surface area contributed by atoms with E-state index < -0.39 is 0 Å². The maximum absolute atomic E-state index is 15.2. The number of fused-ring (bicyclic) bond motifs is 4. The van der Waals surface area contributed by atoms with E-state index in [9.17, 15) is 0 Å². The van der Waals surface area contributed by atoms with Gasteiger partial charge in [0, 0.05) is 22.9 Å². The zero-order valence-electron chi connectivity index (χ0n) is 17.9. The van der Waals surface area contributed by atoms with Crippen LogP contribution in [0.25, 0.3) is 55.1 Å². The fraction of sp³-hybridized carbons (Fsp3) is 0.0690. The van der Waals surface area contributed by atoms with Crippen molar-refractivity contribution in [3.05, 3.63) is 103 Å². The summed E-state index contributed by atoms with van der Waals surface area (Å²) in [5.74, 6) is -0.282. The second-order valence-electron chi connectivity index (χ2n) is 8.29. The number of halogens is 1. The van der Waals surface area contributed by atoms with Crippen molar-refractivity contribution < 1.29 is 13.4 Å². The van der Waals surface area contributed by atoms with E-state index in [0.29, 0.717) is 11.1 Å². The van der Waals surface area contributed by atoms with Crippen LogP contribution < -0.4 is 4.57 Å². The van der Waals surface area contributed by atoms with E-state index in [1.54, 1.807) is 6.07 Å². The first-order valence-electron chi connectivity index (χ1n) is 10.7. The molecule has 2 aromatic heterocycles. The molecule has 0 fully saturated rings. The normalized spacial score (nSPS) is 11.6. The summed E-state index contributed by atoms with van der Waals surface area (Å²) in [6.45, 7) is 2.11. The molecule has 3 heteroatoms. The third-order valence-electron chi connectivity index (χ3n) is 6.31. The Kier molecular flexibility index (Phi) is 4.12. The van der Waals surface area contributed by atoms with Gasteiger partial charge in [0.15, 0.2) is 6.20 Å². The monoisotopic (exact) mass is 418 g/mol. The van der Waals surface area contributed by atoms with E-state index in [4.69, 9.17) is 4.42 Å². The second-order valence-corrected chi connectivity index (χ2v) is 8.29. The first kappa shape index (κ1) is 18.8. The topological polar surface area (TPSA) is 17.0 Å². The summed E-state index contributed by atoms with van der Waals surface area (Å²) >= 11 is 0. The summed E-state index contributed by atoms with van der Waals surface area (Å²) < 4.78 is 23.7. The third kappa shape index (κ3) is 2.75. The maximum Gasteiger partial charge on any atom is 0.213 e. The van der Waals surface area contributed by atoms with Gasteiger partial charge in [0.2, 0.25) is 5.69 Å². The molecule has 0 unspecified atom stereocenters. The largest absolute Gasteiger partial charge is 0.455 e. The first-order chi connectivity index (χ1) is 15.6. The van der Waals surface area contributed by atoms with Crippen LogP contribution in [0, 0.1) is 12.7 Å². The lowest BCUT2D eigenvalue weighted by Gasteiger charge is -2.07. The van der Waals surface area contributed by atoms with Gasteiger partial charge in [0.25, 0.3) is 0 Å². The van der Waals surface area contributed by atoms with E-state index in [-0.39, 0.29) is 5.82 Å². The number of rotatable bonds is 2. The van der Waals surface area contributed by atoms with Gasteiger partial charge in [-0.2, -0.15) is 0 Å². The van der Waals surface area contributed by atoms with E-state index in [2.05, 4.69) is 29.7 Å². The highest BCUT2D eigenvalue weighted by Gasteiger charge is 2.23. The Morgan fingerprint density at radius 1 is 0.781 bits per heavy atom. The Labute approximate surface area is 185 Å². The lowest BCUT2D eigenvalue weighted by atomic mass is 9.95. The minimum Gasteiger partial charge on any atom is -0.455 e. The number of furan rings is 1. The molecule has 0 saturated heterocycles. The fourth-order valence-electron chi connectivity index (χ4n) is 4.74. The van der Waals surface area contributed by atoms with Crippen LogP contribution in [-0.4, -0.2) is 0 Å². The van der Waals surface area contributed by atoms with E-state index >= 15 is 4.39 Å². The molecular weight excluding hydrogens is 397 g/mol. The Morgan fingerprint density at radius 2 is 1.59 bits per heavy atom. The summed E-state index contributed by atoms with van der Waals surface area (Å²) in [7, 11) is 2.04. The van der Waals surface area contributed by atoms with Crippen LogP contribution in [0.2, 0.25) is 0 Å². The first-order valence-corrected chi connectivity index (χ1v) is 10.7. The summed E-state index contributed by atoms with van der Waals surface area (Å²) in [6, 6.07) is 27.8. The summed E-state index contributed by atoms with van der Waals surface area (Å²) in [5.41, 5.74) is 6.02. The van der Waals surface area contributed by atoms with E-state index in [1.807, 2.05) is 73.9 Å². The molecule has 0 radical (unpaired) electrons. The van der Waals surface area contributed by atoms with Crippen molar-refractivity contribution in [2.45, 2.75) is 6.92 Å². The molecule has 0 aliphatic rings. The number of aromatic nitrogens is 1. The van der Waals surface area contributed by atoms with Crippen LogP contribution in [0.4, 0.5) is 4.39 Å². The van der Waals surface area contributed by atoms with Crippen molar-refractivity contribution in [2.75, 3.05) is 0 Å². The van der Waals surface area contributed by atoms with Crippen molar-refractivity contribution in [1.29, 1.82) is 0 Å². The number of benzene rings is 4. The van der Waals surface area contributed by atoms with Crippen molar-refractivity contribution in [1.82, 2.24) is 0 Å². The molecule has 4 aromatic carbocycles. The molecule has 0 atom stereocenters. The molecule has 2 heterocycles. The molecule has 0 aliphatic heterocycles. The van der Waals surface area contributed by atoms with Gasteiger partial charge in [-0.3, -0.25) is 0 Å². The van der Waals surface area contributed by atoms with Gasteiger partial charge in [0.05, 0.1) is 11.1 Å². The van der Waals surface area contributed by atoms with E-state index in [0.717, 1.165) is 49.5 Å². The average Bonchev–Trinajstić information content (AvgIpc) is 3.18. The second kappa shape index (κ2) is 7.03. The minimum absolute atomic E-state index is 0.282. The molecule has 6 rings (SSSR count). The van der Waals surface area contributed by atoms with Gasteiger partial charge in [0.1, 0.15) is 24.0 Å². The number of nitrogens with zero attached hydrogens (tertiary/aromatic N) is 1. The van der Waals surface area contributed by atoms with Crippen LogP contribution in [-0.2, 0) is 7.05 Å². The highest BCUT2D eigenvalue weighted by Crippen LogP contribution is 2.42. The van der Waals surface area contributed by atoms with Crippen LogP contribution in [0.5, 0.6) is 0 Å². The number of aryl methyl sites for hydroxylation is 2. The van der Waals surface area contributed by atoms with Crippen molar-refractivity contribution in [2.24, 2.45) is 7.05 Å². The molecule has 154 valence electrons. The highest BCUT2D eigenvalue weighted by atomic mass is 19.1. The highest BCUT2D eigenvalue weighted by molar-refractivity contribution is 6.15. The number of hydrogen-bond donors (Lipinski definition) is 0. The van der Waals surface area contributed by atoms with Crippen LogP contribution in [0.3, 0.4) is 0 Å². The Hall–Kier alpha value is -3.98. The molecular formula is C29H21FNO+. The molecule has 0 saturated carbocycles. The van der Waals surface area contributed by atoms with E-state index in [1.165, 1.54) is 0 Å². The number of hydrogen-bond acceptors (Lipinski definition) is 1. The minimum atomic E-state index is -0.282. The van der Waals surface area contributed by atoms with Crippen LogP contribution >= 0.6 is 0 Å². The lowest BCUT2D eigenvalue weighted by molar-refractivity contribution is -0.660. The Balaban J connectivity index is 1.71. The fourth-order valence-corrected chi connectivity index (χ4v) is 4.74. The predicted molar refractivity (Wildman–Crippen MR) is 128 cm³/mol. The Morgan fingerprint density at radius 3 is 2.44 bits per heavy atom. The molecule has 6 aromatic rings. The summed E-state index contributed by atoms with van der Waals surface area (Å²) in [6.07, 6.45) is 2.04. The lowest BCUT2D eigenvalue weighted by Crippen LogP contribution is -2.30. The number of pyridine rings is 1. The van der Waals surface area contributed by atoms with Gasteiger partial charge >= 0.3 is 0 Å². The standard InChI is InChI=1S/C29H21FNO/c1-18-10-15-25-28(26(18)24-9-5-6-16-31(24)2)22-13-14-23(30)27(29(22)32-25)21-12-11-19-7-3-4-8-20(19)17-21/h3-17H,1-2H3/q+1. The molecule has 0 amide bonds. The molecule has 0 N–H and O–H groups in total. The van der Waals surface area contributed by atoms with Gasteiger partial charge in [-0.05, 0) is 59.2 Å². The van der Waals surface area contributed by atoms with Crippen molar-refractivity contribution >= 4 is 32.7 Å². The molecule has 32 heavy (non-hydrogen) atoms. The SMILES string of the molecule is Cc1ccc2oc3c(-c4ccc5ccccc5c4)c(F)ccc3c2c1-c1cccc[n+]1C. The summed E-state index contributed by atoms with van der Waals surface area (Å²) in [4.78, 5) is 0. The molecule has 2 nitrogen and oxygen atoms in total. The molecule has 0 bridgehead atoms. The van der Waals surface area contributed by atoms with Gasteiger partial charge in [-0.25, -0.2) is 8.96 Å². The van der Waals surface area contributed by atoms with Crippen molar-refractivity contribution in [3.63, 3.8) is 0 Å². The third-order valence-corrected chi connectivity index (χ3v) is 6.31. The average molecular weight is 418 g/mol. The van der Waals surface area contributed by atoms with Gasteiger partial charge in [-0.15, -0.1) is 0 Å². The Bertz CT molecular complexity index is 1660. The van der Waals surface area contributed by atoms with Gasteiger partial charge < -0.3 is 4.42 Å². The zero-order valence-corrected chi connectivity index (χ0v) is 17.9. The maximum atomic E-state index is 15.2. The van der Waals surface area contributed by atoms with Crippen LogP contribution in [0.15, 0.2) is 95.5 Å². The van der Waals surface area contributed by atoms with Crippen LogP contribution in [0.1, 0.15) is 5.56 Å². The summed E-state index contributed by atoms with van der Waals surface area (Å²) in [5, 5.41) is 4.14. The predicted octanol–water partition coefficient (Wildman–Crippen LogP) is 7.35. The van der Waals surface area contributed by atoms with Gasteiger partial charge in [-0.1, -0.05) is 42.5 Å². The van der Waals surface area contributed by atoms with Crippen molar-refractivity contribution in [3.8, 4) is 22.4 Å². The molecule has 0 aliphatic carbocycles. The zero-order chi connectivity index (χ0) is 21.8. The molecule has 0 spiro atoms.